The normalized spacial score (nSPS) is 10.8. The third-order valence-corrected chi connectivity index (χ3v) is 5.85. The molecule has 30 heavy (non-hydrogen) atoms. The van der Waals surface area contributed by atoms with E-state index < -0.39 is 0 Å². The van der Waals surface area contributed by atoms with Gasteiger partial charge in [0.25, 0.3) is 5.91 Å². The maximum Gasteiger partial charge on any atom is 0.262 e. The Labute approximate surface area is 183 Å². The predicted molar refractivity (Wildman–Crippen MR) is 120 cm³/mol. The Bertz CT molecular complexity index is 1200. The maximum absolute atomic E-state index is 12.9. The molecule has 0 fully saturated rings. The number of halogens is 1. The number of methoxy groups -OCH3 is 1. The fourth-order valence-electron chi connectivity index (χ4n) is 3.12. The van der Waals surface area contributed by atoms with E-state index in [0.29, 0.717) is 16.4 Å². The van der Waals surface area contributed by atoms with Crippen molar-refractivity contribution in [3.05, 3.63) is 75.9 Å². The van der Waals surface area contributed by atoms with Crippen molar-refractivity contribution in [3.63, 3.8) is 0 Å². The van der Waals surface area contributed by atoms with Crippen molar-refractivity contribution in [2.75, 3.05) is 12.4 Å². The average molecular weight is 439 g/mol. The fraction of sp³-hybridized carbons (Fsp3) is 0.136. The number of rotatable bonds is 5. The highest BCUT2D eigenvalue weighted by molar-refractivity contribution is 7.16. The molecule has 0 aliphatic rings. The molecule has 4 aromatic rings. The summed E-state index contributed by atoms with van der Waals surface area (Å²) in [4.78, 5) is 18.5. The summed E-state index contributed by atoms with van der Waals surface area (Å²) in [7, 11) is 1.63. The molecule has 1 N–H and O–H groups in total. The van der Waals surface area contributed by atoms with Crippen molar-refractivity contribution in [2.45, 2.75) is 13.8 Å². The smallest absolute Gasteiger partial charge is 0.262 e. The lowest BCUT2D eigenvalue weighted by molar-refractivity contribution is 0.102. The van der Waals surface area contributed by atoms with Crippen LogP contribution in [-0.2, 0) is 0 Å². The number of benzene rings is 2. The molecule has 8 heteroatoms. The second-order valence-electron chi connectivity index (χ2n) is 6.61. The van der Waals surface area contributed by atoms with Crippen molar-refractivity contribution >= 4 is 34.0 Å². The molecule has 0 spiro atoms. The van der Waals surface area contributed by atoms with Gasteiger partial charge in [-0.3, -0.25) is 10.1 Å². The van der Waals surface area contributed by atoms with Crippen LogP contribution in [0, 0.1) is 13.8 Å². The van der Waals surface area contributed by atoms with Gasteiger partial charge < -0.3 is 4.74 Å². The molecule has 2 aromatic heterocycles. The maximum atomic E-state index is 12.9. The van der Waals surface area contributed by atoms with Crippen LogP contribution in [0.1, 0.15) is 20.9 Å². The summed E-state index contributed by atoms with van der Waals surface area (Å²) in [5, 5.41) is 8.06. The van der Waals surface area contributed by atoms with Crippen molar-refractivity contribution in [1.82, 2.24) is 14.8 Å². The molecular weight excluding hydrogens is 420 g/mol. The minimum atomic E-state index is -0.338. The molecule has 1 amide bonds. The van der Waals surface area contributed by atoms with Crippen molar-refractivity contribution in [3.8, 4) is 22.7 Å². The van der Waals surface area contributed by atoms with Gasteiger partial charge in [0, 0.05) is 10.4 Å². The molecule has 0 aliphatic carbocycles. The molecule has 0 saturated heterocycles. The number of anilines is 1. The third kappa shape index (κ3) is 3.81. The van der Waals surface area contributed by atoms with Gasteiger partial charge in [0.2, 0.25) is 0 Å². The summed E-state index contributed by atoms with van der Waals surface area (Å²) < 4.78 is 6.76. The lowest BCUT2D eigenvalue weighted by Crippen LogP contribution is -2.13. The first-order chi connectivity index (χ1) is 14.5. The Morgan fingerprint density at radius 1 is 1.10 bits per heavy atom. The van der Waals surface area contributed by atoms with Gasteiger partial charge in [0.1, 0.15) is 16.5 Å². The number of hydrogen-bond acceptors (Lipinski definition) is 5. The van der Waals surface area contributed by atoms with Crippen LogP contribution in [0.2, 0.25) is 5.15 Å². The highest BCUT2D eigenvalue weighted by atomic mass is 35.5. The van der Waals surface area contributed by atoms with E-state index in [9.17, 15) is 4.79 Å². The van der Waals surface area contributed by atoms with Gasteiger partial charge in [-0.15, -0.1) is 11.3 Å². The van der Waals surface area contributed by atoms with E-state index >= 15 is 0 Å². The van der Waals surface area contributed by atoms with Crippen LogP contribution in [0.15, 0.2) is 54.6 Å². The first-order valence-electron chi connectivity index (χ1n) is 9.21. The minimum Gasteiger partial charge on any atom is -0.497 e. The van der Waals surface area contributed by atoms with Crippen molar-refractivity contribution in [1.29, 1.82) is 0 Å². The summed E-state index contributed by atoms with van der Waals surface area (Å²) in [6, 6.07) is 17.1. The first-order valence-corrected chi connectivity index (χ1v) is 10.4. The molecule has 0 bridgehead atoms. The van der Waals surface area contributed by atoms with E-state index in [4.69, 9.17) is 16.3 Å². The molecule has 4 rings (SSSR count). The average Bonchev–Trinajstić information content (AvgIpc) is 3.27. The van der Waals surface area contributed by atoms with Gasteiger partial charge in [0.15, 0.2) is 5.13 Å². The van der Waals surface area contributed by atoms with E-state index in [0.717, 1.165) is 27.6 Å². The van der Waals surface area contributed by atoms with Crippen LogP contribution in [0.25, 0.3) is 16.9 Å². The summed E-state index contributed by atoms with van der Waals surface area (Å²) in [6.45, 7) is 3.73. The van der Waals surface area contributed by atoms with E-state index in [1.54, 1.807) is 18.7 Å². The number of carbonyl (C=O) groups is 1. The van der Waals surface area contributed by atoms with Crippen LogP contribution in [-0.4, -0.2) is 27.8 Å². The minimum absolute atomic E-state index is 0.264. The van der Waals surface area contributed by atoms with Crippen LogP contribution >= 0.6 is 22.9 Å². The summed E-state index contributed by atoms with van der Waals surface area (Å²) >= 11 is 7.91. The molecule has 2 aromatic carbocycles. The van der Waals surface area contributed by atoms with Crippen LogP contribution < -0.4 is 10.1 Å². The lowest BCUT2D eigenvalue weighted by atomic mass is 10.1. The monoisotopic (exact) mass is 438 g/mol. The predicted octanol–water partition coefficient (Wildman–Crippen LogP) is 5.53. The molecule has 2 heterocycles. The molecule has 152 valence electrons. The highest BCUT2D eigenvalue weighted by Crippen LogP contribution is 2.32. The van der Waals surface area contributed by atoms with E-state index in [2.05, 4.69) is 15.4 Å². The number of nitrogens with zero attached hydrogens (tertiary/aromatic N) is 3. The van der Waals surface area contributed by atoms with E-state index in [-0.39, 0.29) is 11.1 Å². The largest absolute Gasteiger partial charge is 0.497 e. The number of para-hydroxylation sites is 1. The topological polar surface area (TPSA) is 69.0 Å². The summed E-state index contributed by atoms with van der Waals surface area (Å²) in [5.74, 6) is 0.440. The SMILES string of the molecule is COc1ccc(-c2nc(NC(=O)c3c(C)nn(-c4ccccc4)c3Cl)sc2C)cc1. The molecular formula is C22H19ClN4O2S. The number of nitrogens with one attached hydrogen (secondary N) is 1. The van der Waals surface area contributed by atoms with E-state index in [1.807, 2.05) is 61.5 Å². The van der Waals surface area contributed by atoms with Crippen molar-refractivity contribution in [2.24, 2.45) is 0 Å². The number of thiazole rings is 1. The van der Waals surface area contributed by atoms with Crippen LogP contribution in [0.5, 0.6) is 5.75 Å². The van der Waals surface area contributed by atoms with Gasteiger partial charge in [-0.2, -0.15) is 5.10 Å². The second kappa shape index (κ2) is 8.30. The Hall–Kier alpha value is -3.16. The standard InChI is InChI=1S/C22H19ClN4O2S/c1-13-18(20(23)27(26-13)16-7-5-4-6-8-16)21(28)25-22-24-19(14(2)30-22)15-9-11-17(29-3)12-10-15/h4-12H,1-3H3,(H,24,25,28). The zero-order chi connectivity index (χ0) is 21.3. The molecule has 0 radical (unpaired) electrons. The quantitative estimate of drug-likeness (QED) is 0.445. The summed E-state index contributed by atoms with van der Waals surface area (Å²) in [6.07, 6.45) is 0. The number of hydrogen-bond donors (Lipinski definition) is 1. The summed E-state index contributed by atoms with van der Waals surface area (Å²) in [5.41, 5.74) is 3.44. The Morgan fingerprint density at radius 2 is 1.80 bits per heavy atom. The van der Waals surface area contributed by atoms with Gasteiger partial charge in [-0.05, 0) is 50.2 Å². The highest BCUT2D eigenvalue weighted by Gasteiger charge is 2.22. The number of aromatic nitrogens is 3. The Balaban J connectivity index is 1.60. The molecule has 6 nitrogen and oxygen atoms in total. The van der Waals surface area contributed by atoms with Gasteiger partial charge in [-0.25, -0.2) is 9.67 Å². The van der Waals surface area contributed by atoms with Crippen LogP contribution in [0.3, 0.4) is 0 Å². The van der Waals surface area contributed by atoms with Gasteiger partial charge in [-0.1, -0.05) is 29.8 Å². The number of aryl methyl sites for hydroxylation is 2. The third-order valence-electron chi connectivity index (χ3n) is 4.61. The molecule has 0 aliphatic heterocycles. The molecule has 0 atom stereocenters. The Morgan fingerprint density at radius 3 is 2.47 bits per heavy atom. The Kier molecular flexibility index (Phi) is 5.57. The zero-order valence-electron chi connectivity index (χ0n) is 16.6. The fourth-order valence-corrected chi connectivity index (χ4v) is 4.31. The zero-order valence-corrected chi connectivity index (χ0v) is 18.2. The molecule has 0 saturated carbocycles. The van der Waals surface area contributed by atoms with Gasteiger partial charge >= 0.3 is 0 Å². The number of amides is 1. The number of ether oxygens (including phenoxy) is 1. The van der Waals surface area contributed by atoms with Gasteiger partial charge in [0.05, 0.1) is 24.2 Å². The second-order valence-corrected chi connectivity index (χ2v) is 8.17. The first kappa shape index (κ1) is 20.1. The lowest BCUT2D eigenvalue weighted by Gasteiger charge is -2.04. The number of carbonyl (C=O) groups excluding carboxylic acids is 1. The molecule has 0 unspecified atom stereocenters. The van der Waals surface area contributed by atoms with Crippen LogP contribution in [0.4, 0.5) is 5.13 Å². The van der Waals surface area contributed by atoms with E-state index in [1.165, 1.54) is 11.3 Å². The van der Waals surface area contributed by atoms with Crippen molar-refractivity contribution < 1.29 is 9.53 Å².